The van der Waals surface area contributed by atoms with E-state index in [0.717, 1.165) is 5.69 Å². The van der Waals surface area contributed by atoms with Crippen LogP contribution in [-0.2, 0) is 5.41 Å². The molecule has 0 unspecified atom stereocenters. The highest BCUT2D eigenvalue weighted by atomic mass is 79.9. The number of anilines is 1. The average Bonchev–Trinajstić information content (AvgIpc) is 2.41. The molecule has 0 amide bonds. The number of rotatable bonds is 2. The number of halogens is 2. The first kappa shape index (κ1) is 15.7. The van der Waals surface area contributed by atoms with E-state index in [2.05, 4.69) is 25.9 Å². The molecule has 0 fully saturated rings. The Kier molecular flexibility index (Phi) is 4.18. The molecule has 1 aromatic carbocycles. The van der Waals surface area contributed by atoms with Crippen molar-refractivity contribution in [2.45, 2.75) is 26.2 Å². The summed E-state index contributed by atoms with van der Waals surface area (Å²) in [4.78, 5) is 8.83. The molecule has 0 aliphatic rings. The molecule has 21 heavy (non-hydrogen) atoms. The molecule has 1 heterocycles. The lowest BCUT2D eigenvalue weighted by Crippen LogP contribution is -2.17. The van der Waals surface area contributed by atoms with Crippen molar-refractivity contribution in [3.8, 4) is 17.1 Å². The van der Waals surface area contributed by atoms with Gasteiger partial charge in [-0.05, 0) is 34.1 Å². The summed E-state index contributed by atoms with van der Waals surface area (Å²) in [6.07, 6.45) is 0. The molecule has 0 atom stereocenters. The van der Waals surface area contributed by atoms with Crippen LogP contribution in [0.4, 0.5) is 10.2 Å². The van der Waals surface area contributed by atoms with Gasteiger partial charge in [-0.1, -0.05) is 20.8 Å². The predicted octanol–water partition coefficient (Wildman–Crippen LogP) is 3.93. The molecule has 0 aliphatic heterocycles. The highest BCUT2D eigenvalue weighted by Gasteiger charge is 2.23. The van der Waals surface area contributed by atoms with Crippen molar-refractivity contribution in [3.63, 3.8) is 0 Å². The fourth-order valence-electron chi connectivity index (χ4n) is 1.89. The number of aromatic nitrogens is 2. The molecular formula is C15H17BrFN3O. The standard InChI is InChI=1S/C15H17BrFN3O/c1-15(2,3)12-11(16)13(18)20-14(19-12)8-5-6-9(17)10(7-8)21-4/h5-7H,1-4H3,(H2,18,19,20). The lowest BCUT2D eigenvalue weighted by atomic mass is 9.91. The van der Waals surface area contributed by atoms with Crippen molar-refractivity contribution in [3.05, 3.63) is 34.2 Å². The molecule has 2 aromatic rings. The van der Waals surface area contributed by atoms with Crippen molar-refractivity contribution >= 4 is 21.7 Å². The first-order valence-electron chi connectivity index (χ1n) is 6.41. The summed E-state index contributed by atoms with van der Waals surface area (Å²) < 4.78 is 19.2. The van der Waals surface area contributed by atoms with E-state index < -0.39 is 5.82 Å². The van der Waals surface area contributed by atoms with Crippen LogP contribution in [0.1, 0.15) is 26.5 Å². The molecule has 112 valence electrons. The third-order valence-electron chi connectivity index (χ3n) is 3.00. The Morgan fingerprint density at radius 1 is 1.24 bits per heavy atom. The summed E-state index contributed by atoms with van der Waals surface area (Å²) in [5, 5.41) is 0. The monoisotopic (exact) mass is 353 g/mol. The summed E-state index contributed by atoms with van der Waals surface area (Å²) in [7, 11) is 1.42. The molecule has 0 aliphatic carbocycles. The topological polar surface area (TPSA) is 61.0 Å². The number of nitrogen functional groups attached to an aromatic ring is 1. The molecule has 2 N–H and O–H groups in total. The van der Waals surface area contributed by atoms with E-state index in [1.165, 1.54) is 13.2 Å². The highest BCUT2D eigenvalue weighted by Crippen LogP contribution is 2.33. The van der Waals surface area contributed by atoms with Crippen LogP contribution in [0, 0.1) is 5.82 Å². The maximum absolute atomic E-state index is 13.5. The Balaban J connectivity index is 2.62. The zero-order chi connectivity index (χ0) is 15.8. The van der Waals surface area contributed by atoms with Gasteiger partial charge in [0.1, 0.15) is 5.82 Å². The van der Waals surface area contributed by atoms with Gasteiger partial charge in [-0.25, -0.2) is 14.4 Å². The number of hydrogen-bond donors (Lipinski definition) is 1. The first-order valence-corrected chi connectivity index (χ1v) is 7.20. The van der Waals surface area contributed by atoms with Crippen LogP contribution in [0.15, 0.2) is 22.7 Å². The number of ether oxygens (including phenoxy) is 1. The Hall–Kier alpha value is -1.69. The van der Waals surface area contributed by atoms with Crippen molar-refractivity contribution in [1.82, 2.24) is 9.97 Å². The Morgan fingerprint density at radius 3 is 2.48 bits per heavy atom. The van der Waals surface area contributed by atoms with Crippen molar-refractivity contribution in [2.75, 3.05) is 12.8 Å². The second-order valence-corrected chi connectivity index (χ2v) is 6.49. The van der Waals surface area contributed by atoms with Crippen LogP contribution in [0.5, 0.6) is 5.75 Å². The van der Waals surface area contributed by atoms with Crippen molar-refractivity contribution < 1.29 is 9.13 Å². The smallest absolute Gasteiger partial charge is 0.165 e. The van der Waals surface area contributed by atoms with E-state index in [9.17, 15) is 4.39 Å². The number of hydrogen-bond acceptors (Lipinski definition) is 4. The van der Waals surface area contributed by atoms with Gasteiger partial charge in [0.25, 0.3) is 0 Å². The predicted molar refractivity (Wildman–Crippen MR) is 84.8 cm³/mol. The van der Waals surface area contributed by atoms with Gasteiger partial charge in [-0.3, -0.25) is 0 Å². The van der Waals surface area contributed by atoms with Gasteiger partial charge in [0, 0.05) is 11.0 Å². The zero-order valence-corrected chi connectivity index (χ0v) is 14.0. The fraction of sp³-hybridized carbons (Fsp3) is 0.333. The fourth-order valence-corrected chi connectivity index (χ4v) is 2.66. The van der Waals surface area contributed by atoms with Gasteiger partial charge in [0.2, 0.25) is 0 Å². The Morgan fingerprint density at radius 2 is 1.90 bits per heavy atom. The number of methoxy groups -OCH3 is 1. The van der Waals surface area contributed by atoms with Crippen molar-refractivity contribution in [1.29, 1.82) is 0 Å². The molecule has 0 bridgehead atoms. The minimum absolute atomic E-state index is 0.148. The van der Waals surface area contributed by atoms with E-state index >= 15 is 0 Å². The van der Waals surface area contributed by atoms with Crippen LogP contribution < -0.4 is 10.5 Å². The Bertz CT molecular complexity index is 683. The molecule has 0 saturated carbocycles. The van der Waals surface area contributed by atoms with Gasteiger partial charge in [-0.2, -0.15) is 0 Å². The first-order chi connectivity index (χ1) is 9.74. The van der Waals surface area contributed by atoms with Gasteiger partial charge in [0.15, 0.2) is 17.4 Å². The second kappa shape index (κ2) is 5.60. The number of nitrogens with zero attached hydrogens (tertiary/aromatic N) is 2. The largest absolute Gasteiger partial charge is 0.494 e. The summed E-state index contributed by atoms with van der Waals surface area (Å²) in [5.41, 5.74) is 7.20. The quantitative estimate of drug-likeness (QED) is 0.888. The third-order valence-corrected chi connectivity index (χ3v) is 3.78. The molecule has 1 aromatic heterocycles. The lowest BCUT2D eigenvalue weighted by molar-refractivity contribution is 0.386. The van der Waals surface area contributed by atoms with Crippen LogP contribution in [0.2, 0.25) is 0 Å². The summed E-state index contributed by atoms with van der Waals surface area (Å²) in [6.45, 7) is 6.11. The summed E-state index contributed by atoms with van der Waals surface area (Å²) in [6, 6.07) is 4.49. The third kappa shape index (κ3) is 3.15. The normalized spacial score (nSPS) is 11.5. The van der Waals surface area contributed by atoms with Crippen molar-refractivity contribution in [2.24, 2.45) is 0 Å². The van der Waals surface area contributed by atoms with E-state index in [4.69, 9.17) is 10.5 Å². The minimum atomic E-state index is -0.428. The Labute approximate surface area is 131 Å². The maximum Gasteiger partial charge on any atom is 0.165 e. The van der Waals surface area contributed by atoms with Crippen LogP contribution in [0.3, 0.4) is 0 Å². The van der Waals surface area contributed by atoms with Gasteiger partial charge >= 0.3 is 0 Å². The lowest BCUT2D eigenvalue weighted by Gasteiger charge is -2.21. The molecule has 0 spiro atoms. The van der Waals surface area contributed by atoms with Gasteiger partial charge in [0.05, 0.1) is 17.3 Å². The molecule has 0 saturated heterocycles. The van der Waals surface area contributed by atoms with Crippen LogP contribution in [0.25, 0.3) is 11.4 Å². The van der Waals surface area contributed by atoms with E-state index in [1.807, 2.05) is 20.8 Å². The zero-order valence-electron chi connectivity index (χ0n) is 12.4. The molecule has 0 radical (unpaired) electrons. The van der Waals surface area contributed by atoms with Gasteiger partial charge in [-0.15, -0.1) is 0 Å². The molecule has 2 rings (SSSR count). The van der Waals surface area contributed by atoms with Gasteiger partial charge < -0.3 is 10.5 Å². The summed E-state index contributed by atoms with van der Waals surface area (Å²) in [5.74, 6) is 0.518. The molecule has 4 nitrogen and oxygen atoms in total. The average molecular weight is 354 g/mol. The molecular weight excluding hydrogens is 337 g/mol. The number of benzene rings is 1. The van der Waals surface area contributed by atoms with Crippen LogP contribution >= 0.6 is 15.9 Å². The number of nitrogens with two attached hydrogens (primary N) is 1. The second-order valence-electron chi connectivity index (χ2n) is 5.69. The SMILES string of the molecule is COc1cc(-c2nc(N)c(Br)c(C(C)(C)C)n2)ccc1F. The summed E-state index contributed by atoms with van der Waals surface area (Å²) >= 11 is 3.43. The van der Waals surface area contributed by atoms with E-state index in [0.29, 0.717) is 21.7 Å². The van der Waals surface area contributed by atoms with E-state index in [-0.39, 0.29) is 11.2 Å². The minimum Gasteiger partial charge on any atom is -0.494 e. The van der Waals surface area contributed by atoms with Crippen LogP contribution in [-0.4, -0.2) is 17.1 Å². The van der Waals surface area contributed by atoms with E-state index in [1.54, 1.807) is 12.1 Å². The highest BCUT2D eigenvalue weighted by molar-refractivity contribution is 9.10. The maximum atomic E-state index is 13.5. The molecule has 6 heteroatoms.